The van der Waals surface area contributed by atoms with Crippen LogP contribution in [-0.4, -0.2) is 122 Å². The van der Waals surface area contributed by atoms with Crippen LogP contribution in [0.2, 0.25) is 0 Å². The highest BCUT2D eigenvalue weighted by atomic mass is 16.8. The van der Waals surface area contributed by atoms with Gasteiger partial charge in [0.25, 0.3) is 0 Å². The Hall–Kier alpha value is -8.24. The highest BCUT2D eigenvalue weighted by Crippen LogP contribution is 2.37. The number of hydrogen-bond acceptors (Lipinski definition) is 22. The average molecular weight is 1100 g/mol. The van der Waals surface area contributed by atoms with E-state index in [4.69, 9.17) is 66.3 Å². The van der Waals surface area contributed by atoms with Crippen LogP contribution in [0.15, 0.2) is 97.1 Å². The SMILES string of the molecule is CC(=O)OC[C@H]1OC(Oc2ccc(CCCc3ccc(OCc4ccccc4)cc3OCc3ccccc3)c(OC3O[C@H](COC(C)=O)[C@@H](OC(C)=O)[C@H](OC(C)=O)[C@H]3OC(C)=O)c2)[C@H](OC(C)=O)[C@@H](OC(C)=O)[C@@H]1OC(C)=O. The maximum Gasteiger partial charge on any atom is 0.303 e. The molecule has 0 N–H and O–H groups in total. The van der Waals surface area contributed by atoms with Crippen LogP contribution in [0, 0.1) is 0 Å². The molecule has 0 amide bonds. The molecule has 0 aliphatic carbocycles. The molecule has 79 heavy (non-hydrogen) atoms. The van der Waals surface area contributed by atoms with Gasteiger partial charge in [-0.3, -0.25) is 38.4 Å². The van der Waals surface area contributed by atoms with Crippen molar-refractivity contribution in [3.63, 3.8) is 0 Å². The first-order chi connectivity index (χ1) is 37.7. The zero-order chi connectivity index (χ0) is 57.2. The number of aryl methyl sites for hydroxylation is 2. The van der Waals surface area contributed by atoms with Crippen molar-refractivity contribution in [3.8, 4) is 23.0 Å². The lowest BCUT2D eigenvalue weighted by molar-refractivity contribution is -0.289. The van der Waals surface area contributed by atoms with Crippen molar-refractivity contribution in [3.05, 3.63) is 119 Å². The second-order valence-corrected chi connectivity index (χ2v) is 18.3. The molecule has 22 nitrogen and oxygen atoms in total. The number of hydrogen-bond donors (Lipinski definition) is 0. The van der Waals surface area contributed by atoms with Gasteiger partial charge in [0.2, 0.25) is 24.8 Å². The molecule has 0 bridgehead atoms. The first kappa shape index (κ1) is 60.0. The van der Waals surface area contributed by atoms with Crippen molar-refractivity contribution in [2.45, 2.75) is 149 Å². The van der Waals surface area contributed by atoms with E-state index in [1.54, 1.807) is 6.07 Å². The lowest BCUT2D eigenvalue weighted by Crippen LogP contribution is -2.63. The predicted octanol–water partition coefficient (Wildman–Crippen LogP) is 5.94. The minimum Gasteiger partial charge on any atom is -0.489 e. The van der Waals surface area contributed by atoms with E-state index >= 15 is 0 Å². The Kier molecular flexibility index (Phi) is 22.0. The Morgan fingerprint density at radius 3 is 1.22 bits per heavy atom. The summed E-state index contributed by atoms with van der Waals surface area (Å²) < 4.78 is 82.3. The van der Waals surface area contributed by atoms with Gasteiger partial charge >= 0.3 is 47.8 Å². The van der Waals surface area contributed by atoms with Crippen molar-refractivity contribution in [2.24, 2.45) is 0 Å². The number of ether oxygens (including phenoxy) is 14. The fraction of sp³-hybridized carbons (Fsp3) is 0.439. The number of carbonyl (C=O) groups excluding carboxylic acids is 8. The lowest BCUT2D eigenvalue weighted by Gasteiger charge is -2.44. The fourth-order valence-electron chi connectivity index (χ4n) is 8.66. The van der Waals surface area contributed by atoms with E-state index in [9.17, 15) is 38.4 Å². The molecule has 2 unspecified atom stereocenters. The summed E-state index contributed by atoms with van der Waals surface area (Å²) in [7, 11) is 0. The molecular weight excluding hydrogens is 1040 g/mol. The molecule has 2 heterocycles. The Morgan fingerprint density at radius 1 is 0.392 bits per heavy atom. The van der Waals surface area contributed by atoms with E-state index in [0.29, 0.717) is 36.5 Å². The van der Waals surface area contributed by atoms with Gasteiger partial charge in [-0.05, 0) is 53.6 Å². The predicted molar refractivity (Wildman–Crippen MR) is 272 cm³/mol. The third kappa shape index (κ3) is 18.4. The normalized spacial score (nSPS) is 22.3. The summed E-state index contributed by atoms with van der Waals surface area (Å²) in [5.41, 5.74) is 3.26. The first-order valence-electron chi connectivity index (χ1n) is 25.3. The minimum absolute atomic E-state index is 0.00856. The molecule has 0 radical (unpaired) electrons. The molecule has 0 saturated carbocycles. The van der Waals surface area contributed by atoms with Crippen LogP contribution in [0.3, 0.4) is 0 Å². The Morgan fingerprint density at radius 2 is 0.772 bits per heavy atom. The largest absolute Gasteiger partial charge is 0.489 e. The average Bonchev–Trinajstić information content (AvgIpc) is 3.48. The topological polar surface area (TPSA) is 266 Å². The van der Waals surface area contributed by atoms with Crippen molar-refractivity contribution in [1.29, 1.82) is 0 Å². The van der Waals surface area contributed by atoms with Crippen molar-refractivity contribution < 1.29 is 105 Å². The van der Waals surface area contributed by atoms with Crippen LogP contribution >= 0.6 is 0 Å². The summed E-state index contributed by atoms with van der Waals surface area (Å²) in [6.07, 6.45) is -14.3. The fourth-order valence-corrected chi connectivity index (χ4v) is 8.66. The van der Waals surface area contributed by atoms with Gasteiger partial charge in [0.15, 0.2) is 24.4 Å². The van der Waals surface area contributed by atoms with Crippen molar-refractivity contribution in [1.82, 2.24) is 0 Å². The molecule has 22 heteroatoms. The molecule has 424 valence electrons. The van der Waals surface area contributed by atoms with Gasteiger partial charge in [-0.1, -0.05) is 72.8 Å². The number of esters is 8. The summed E-state index contributed by atoms with van der Waals surface area (Å²) in [4.78, 5) is 99.9. The summed E-state index contributed by atoms with van der Waals surface area (Å²) in [5.74, 6) is -5.47. The molecule has 0 aromatic heterocycles. The Bertz CT molecular complexity index is 2750. The molecule has 6 rings (SSSR count). The van der Waals surface area contributed by atoms with E-state index in [1.165, 1.54) is 12.1 Å². The summed E-state index contributed by atoms with van der Waals surface area (Å²) in [6.45, 7) is 8.29. The number of carbonyl (C=O) groups is 8. The Balaban J connectivity index is 1.40. The van der Waals surface area contributed by atoms with Gasteiger partial charge in [-0.15, -0.1) is 0 Å². The highest BCUT2D eigenvalue weighted by molar-refractivity contribution is 5.70. The van der Waals surface area contributed by atoms with Crippen molar-refractivity contribution >= 4 is 47.8 Å². The molecule has 10 atom stereocenters. The maximum atomic E-state index is 12.8. The molecule has 2 aliphatic rings. The molecule has 4 aromatic carbocycles. The van der Waals surface area contributed by atoms with E-state index in [-0.39, 0.29) is 24.5 Å². The highest BCUT2D eigenvalue weighted by Gasteiger charge is 2.55. The zero-order valence-corrected chi connectivity index (χ0v) is 44.9. The van der Waals surface area contributed by atoms with Crippen molar-refractivity contribution in [2.75, 3.05) is 13.2 Å². The smallest absolute Gasteiger partial charge is 0.303 e. The molecule has 0 spiro atoms. The van der Waals surface area contributed by atoms with Crippen LogP contribution in [0.4, 0.5) is 0 Å². The summed E-state index contributed by atoms with van der Waals surface area (Å²) in [6, 6.07) is 29.5. The van der Waals surface area contributed by atoms with Gasteiger partial charge in [-0.25, -0.2) is 0 Å². The second-order valence-electron chi connectivity index (χ2n) is 18.3. The summed E-state index contributed by atoms with van der Waals surface area (Å²) >= 11 is 0. The van der Waals surface area contributed by atoms with Gasteiger partial charge in [-0.2, -0.15) is 0 Å². The van der Waals surface area contributed by atoms with Gasteiger partial charge in [0, 0.05) is 67.5 Å². The Labute approximate surface area is 456 Å². The standard InChI is InChI=1S/C57H64O22/c1-32(58)66-30-48-50(70-34(3)60)52(72-36(5)62)54(74-38(7)64)56(78-48)76-45-25-23-43(21-15-20-42-22-24-44(68-28-40-16-11-9-12-17-40)26-46(42)69-29-41-18-13-10-14-19-41)47(27-45)77-57-55(75-39(8)65)53(73-37(6)63)51(71-35(4)61)49(79-57)31-67-33(2)59/h9-14,16-19,22-27,48-57H,15,20-21,28-31H2,1-8H3/t48-,49-,50-,51-,52+,53+,54-,55-,56?,57?/m1/s1. The molecule has 4 aromatic rings. The van der Waals surface area contributed by atoms with E-state index in [2.05, 4.69) is 0 Å². The first-order valence-corrected chi connectivity index (χ1v) is 25.3. The van der Waals surface area contributed by atoms with Gasteiger partial charge in [0.1, 0.15) is 61.6 Å². The lowest BCUT2D eigenvalue weighted by atomic mass is 9.97. The van der Waals surface area contributed by atoms with E-state index in [0.717, 1.165) is 72.1 Å². The molecular formula is C57H64O22. The third-order valence-corrected chi connectivity index (χ3v) is 11.8. The van der Waals surface area contributed by atoms with Gasteiger partial charge in [0.05, 0.1) is 0 Å². The second kappa shape index (κ2) is 28.9. The van der Waals surface area contributed by atoms with Gasteiger partial charge < -0.3 is 66.3 Å². The monoisotopic (exact) mass is 1100 g/mol. The molecule has 2 fully saturated rings. The van der Waals surface area contributed by atoms with Crippen LogP contribution in [-0.2, 0) is 112 Å². The number of benzene rings is 4. The molecule has 2 aliphatic heterocycles. The zero-order valence-electron chi connectivity index (χ0n) is 44.9. The van der Waals surface area contributed by atoms with Crippen LogP contribution < -0.4 is 18.9 Å². The third-order valence-electron chi connectivity index (χ3n) is 11.8. The number of rotatable bonds is 24. The van der Waals surface area contributed by atoms with Crippen LogP contribution in [0.5, 0.6) is 23.0 Å². The van der Waals surface area contributed by atoms with Crippen LogP contribution in [0.1, 0.15) is 84.1 Å². The van der Waals surface area contributed by atoms with E-state index < -0.39 is 122 Å². The maximum absolute atomic E-state index is 12.8. The van der Waals surface area contributed by atoms with E-state index in [1.807, 2.05) is 78.9 Å². The quantitative estimate of drug-likeness (QED) is 0.0580. The minimum atomic E-state index is -1.69. The summed E-state index contributed by atoms with van der Waals surface area (Å²) in [5, 5.41) is 0. The molecule has 2 saturated heterocycles. The van der Waals surface area contributed by atoms with Crippen LogP contribution in [0.25, 0.3) is 0 Å².